The van der Waals surface area contributed by atoms with E-state index in [0.717, 1.165) is 5.41 Å². The summed E-state index contributed by atoms with van der Waals surface area (Å²) in [5.74, 6) is 0.162. The molecule has 0 bridgehead atoms. The van der Waals surface area contributed by atoms with E-state index in [1.807, 2.05) is 0 Å². The lowest BCUT2D eigenvalue weighted by Crippen LogP contribution is -1.95. The minimum atomic E-state index is -2.90. The monoisotopic (exact) mass is 198 g/mol. The molecule has 0 aliphatic heterocycles. The van der Waals surface area contributed by atoms with Gasteiger partial charge in [0.2, 0.25) is 0 Å². The second-order valence-corrected chi connectivity index (χ2v) is 3.92. The maximum absolute atomic E-state index is 10.5. The molecule has 0 rings (SSSR count). The molecule has 0 amide bonds. The molecule has 0 aromatic rings. The molecule has 0 spiro atoms. The Hall–Kier alpha value is 0.170. The highest BCUT2D eigenvalue weighted by molar-refractivity contribution is 9.11. The summed E-state index contributed by atoms with van der Waals surface area (Å²) < 4.78 is 21.0. The molecule has 0 aliphatic rings. The van der Waals surface area contributed by atoms with Crippen molar-refractivity contribution in [1.29, 1.82) is 0 Å². The minimum absolute atomic E-state index is 0.162. The second kappa shape index (κ2) is 3.25. The number of sulfone groups is 1. The van der Waals surface area contributed by atoms with Crippen LogP contribution in [0.3, 0.4) is 0 Å². The van der Waals surface area contributed by atoms with E-state index in [1.165, 1.54) is 4.99 Å². The molecular weight excluding hydrogens is 192 g/mol. The van der Waals surface area contributed by atoms with Crippen molar-refractivity contribution in [3.05, 3.63) is 10.4 Å². The molecule has 0 aromatic heterocycles. The first-order valence-electron chi connectivity index (χ1n) is 2.12. The molecule has 0 heterocycles. The maximum atomic E-state index is 10.5. The zero-order valence-corrected chi connectivity index (χ0v) is 6.87. The van der Waals surface area contributed by atoms with Gasteiger partial charge in [0.15, 0.2) is 9.84 Å². The smallest absolute Gasteiger partial charge is 0.171 e. The quantitative estimate of drug-likeness (QED) is 0.671. The van der Waals surface area contributed by atoms with Crippen molar-refractivity contribution in [2.24, 2.45) is 0 Å². The Balaban J connectivity index is 4.17. The first kappa shape index (κ1) is 8.17. The van der Waals surface area contributed by atoms with Crippen LogP contribution in [0.1, 0.15) is 6.92 Å². The average Bonchev–Trinajstić information content (AvgIpc) is 1.67. The molecule has 0 fully saturated rings. The summed E-state index contributed by atoms with van der Waals surface area (Å²) in [6.07, 6.45) is 0. The predicted molar refractivity (Wildman–Crippen MR) is 37.5 cm³/mol. The van der Waals surface area contributed by atoms with Crippen LogP contribution in [0.5, 0.6) is 0 Å². The molecular formula is C4H7BrO2S. The fourth-order valence-corrected chi connectivity index (χ4v) is 1.51. The average molecular weight is 199 g/mol. The third kappa shape index (κ3) is 3.21. The minimum Gasteiger partial charge on any atom is -0.224 e. The highest BCUT2D eigenvalue weighted by Gasteiger charge is 1.97. The third-order valence-electron chi connectivity index (χ3n) is 0.661. The number of halogens is 1. The summed E-state index contributed by atoms with van der Waals surface area (Å²) in [5.41, 5.74) is 0. The van der Waals surface area contributed by atoms with Gasteiger partial charge < -0.3 is 0 Å². The highest BCUT2D eigenvalue weighted by atomic mass is 79.9. The lowest BCUT2D eigenvalue weighted by atomic mass is 11.0. The fourth-order valence-electron chi connectivity index (χ4n) is 0.175. The Bertz CT molecular complexity index is 168. The van der Waals surface area contributed by atoms with Gasteiger partial charge in [0.05, 0.1) is 5.75 Å². The number of rotatable bonds is 2. The van der Waals surface area contributed by atoms with Gasteiger partial charge in [-0.1, -0.05) is 22.9 Å². The summed E-state index contributed by atoms with van der Waals surface area (Å²) in [5, 5.41) is 1.13. The standard InChI is InChI=1S/C4H7BrO2S/c1-2-8(6,7)4-3-5/h3-4H,2H2,1H3/b4-3+. The molecule has 48 valence electrons. The Kier molecular flexibility index (Phi) is 3.31. The van der Waals surface area contributed by atoms with Crippen LogP contribution in [-0.2, 0) is 9.84 Å². The van der Waals surface area contributed by atoms with Gasteiger partial charge in [-0.05, 0) is 4.99 Å². The summed E-state index contributed by atoms with van der Waals surface area (Å²) in [7, 11) is -2.90. The van der Waals surface area contributed by atoms with Crippen LogP contribution in [-0.4, -0.2) is 14.2 Å². The van der Waals surface area contributed by atoms with E-state index in [-0.39, 0.29) is 5.75 Å². The van der Waals surface area contributed by atoms with Crippen molar-refractivity contribution in [3.63, 3.8) is 0 Å². The Morgan fingerprint density at radius 3 is 2.25 bits per heavy atom. The fraction of sp³-hybridized carbons (Fsp3) is 0.500. The molecule has 0 aromatic carbocycles. The summed E-state index contributed by atoms with van der Waals surface area (Å²) in [6, 6.07) is 0. The van der Waals surface area contributed by atoms with Gasteiger partial charge in [-0.15, -0.1) is 0 Å². The van der Waals surface area contributed by atoms with Crippen LogP contribution in [0, 0.1) is 0 Å². The van der Waals surface area contributed by atoms with Crippen molar-refractivity contribution in [2.45, 2.75) is 6.92 Å². The van der Waals surface area contributed by atoms with Gasteiger partial charge in [0, 0.05) is 5.41 Å². The van der Waals surface area contributed by atoms with Crippen LogP contribution in [0.15, 0.2) is 10.4 Å². The molecule has 0 N–H and O–H groups in total. The zero-order chi connectivity index (χ0) is 6.62. The summed E-state index contributed by atoms with van der Waals surface area (Å²) >= 11 is 2.87. The van der Waals surface area contributed by atoms with Crippen LogP contribution in [0.25, 0.3) is 0 Å². The molecule has 0 radical (unpaired) electrons. The van der Waals surface area contributed by atoms with Gasteiger partial charge in [-0.3, -0.25) is 0 Å². The molecule has 0 atom stereocenters. The van der Waals surface area contributed by atoms with Crippen molar-refractivity contribution in [1.82, 2.24) is 0 Å². The van der Waals surface area contributed by atoms with Gasteiger partial charge >= 0.3 is 0 Å². The van der Waals surface area contributed by atoms with E-state index in [4.69, 9.17) is 0 Å². The summed E-state index contributed by atoms with van der Waals surface area (Å²) in [6.45, 7) is 1.60. The lowest BCUT2D eigenvalue weighted by molar-refractivity contribution is 0.606. The van der Waals surface area contributed by atoms with Crippen LogP contribution in [0.2, 0.25) is 0 Å². The Labute approximate surface area is 57.6 Å². The van der Waals surface area contributed by atoms with Gasteiger partial charge in [-0.2, -0.15) is 0 Å². The van der Waals surface area contributed by atoms with E-state index >= 15 is 0 Å². The number of hydrogen-bond donors (Lipinski definition) is 0. The number of hydrogen-bond acceptors (Lipinski definition) is 2. The molecule has 0 aliphatic carbocycles. The third-order valence-corrected chi connectivity index (χ3v) is 2.63. The molecule has 0 unspecified atom stereocenters. The SMILES string of the molecule is CCS(=O)(=O)/C=C/Br. The van der Waals surface area contributed by atoms with Gasteiger partial charge in [0.25, 0.3) is 0 Å². The first-order valence-corrected chi connectivity index (χ1v) is 4.75. The van der Waals surface area contributed by atoms with Crippen molar-refractivity contribution < 1.29 is 8.42 Å². The molecule has 0 saturated carbocycles. The molecule has 0 saturated heterocycles. The second-order valence-electron chi connectivity index (χ2n) is 1.21. The Morgan fingerprint density at radius 1 is 1.62 bits per heavy atom. The Morgan fingerprint density at radius 2 is 2.12 bits per heavy atom. The van der Waals surface area contributed by atoms with Crippen molar-refractivity contribution >= 4 is 25.8 Å². The lowest BCUT2D eigenvalue weighted by Gasteiger charge is -1.85. The van der Waals surface area contributed by atoms with Crippen molar-refractivity contribution in [2.75, 3.05) is 5.75 Å². The van der Waals surface area contributed by atoms with E-state index in [9.17, 15) is 8.42 Å². The molecule has 8 heavy (non-hydrogen) atoms. The van der Waals surface area contributed by atoms with Crippen LogP contribution in [0.4, 0.5) is 0 Å². The normalized spacial score (nSPS) is 12.8. The topological polar surface area (TPSA) is 34.1 Å². The van der Waals surface area contributed by atoms with E-state index in [1.54, 1.807) is 6.92 Å². The van der Waals surface area contributed by atoms with Gasteiger partial charge in [-0.25, -0.2) is 8.42 Å². The van der Waals surface area contributed by atoms with Gasteiger partial charge in [0.1, 0.15) is 0 Å². The summed E-state index contributed by atoms with van der Waals surface area (Å²) in [4.78, 5) is 1.34. The first-order chi connectivity index (χ1) is 3.62. The van der Waals surface area contributed by atoms with Crippen molar-refractivity contribution in [3.8, 4) is 0 Å². The zero-order valence-electron chi connectivity index (χ0n) is 4.46. The van der Waals surface area contributed by atoms with E-state index in [0.29, 0.717) is 0 Å². The highest BCUT2D eigenvalue weighted by Crippen LogP contribution is 1.93. The largest absolute Gasteiger partial charge is 0.224 e. The van der Waals surface area contributed by atoms with Crippen LogP contribution >= 0.6 is 15.9 Å². The maximum Gasteiger partial charge on any atom is 0.171 e. The predicted octanol–water partition coefficient (Wildman–Crippen LogP) is 1.29. The van der Waals surface area contributed by atoms with Crippen LogP contribution < -0.4 is 0 Å². The van der Waals surface area contributed by atoms with E-state index in [2.05, 4.69) is 15.9 Å². The molecule has 2 nitrogen and oxygen atoms in total. The van der Waals surface area contributed by atoms with E-state index < -0.39 is 9.84 Å². The molecule has 4 heteroatoms.